The molecule has 2 fully saturated rings. The molecule has 2 aliphatic rings. The van der Waals surface area contributed by atoms with Gasteiger partial charge in [-0.2, -0.15) is 0 Å². The zero-order valence-corrected chi connectivity index (χ0v) is 9.97. The molecule has 17 heavy (non-hydrogen) atoms. The molecule has 1 atom stereocenters. The average molecular weight is 240 g/mol. The van der Waals surface area contributed by atoms with Gasteiger partial charge in [0.05, 0.1) is 12.5 Å². The van der Waals surface area contributed by atoms with Crippen LogP contribution in [0.15, 0.2) is 0 Å². The molecule has 1 unspecified atom stereocenters. The Morgan fingerprint density at radius 2 is 1.76 bits per heavy atom. The van der Waals surface area contributed by atoms with Gasteiger partial charge >= 0.3 is 0 Å². The van der Waals surface area contributed by atoms with Crippen LogP contribution in [0.2, 0.25) is 0 Å². The maximum absolute atomic E-state index is 11.9. The number of carbonyl (C=O) groups excluding carboxylic acids is 2. The van der Waals surface area contributed by atoms with E-state index in [0.717, 1.165) is 19.1 Å². The summed E-state index contributed by atoms with van der Waals surface area (Å²) in [6, 6.07) is -0.0356. The van der Waals surface area contributed by atoms with Crippen LogP contribution in [0, 0.1) is 0 Å². The Labute approximate surface area is 101 Å². The van der Waals surface area contributed by atoms with Crippen LogP contribution in [0.1, 0.15) is 19.3 Å². The van der Waals surface area contributed by atoms with Crippen LogP contribution in [0.25, 0.3) is 0 Å². The SMILES string of the molecule is NC(=O)CC(N)C(=O)N1CCN(C2CC2)CC1. The Morgan fingerprint density at radius 1 is 1.18 bits per heavy atom. The number of rotatable bonds is 4. The zero-order valence-electron chi connectivity index (χ0n) is 9.97. The molecule has 0 aromatic rings. The molecule has 0 aromatic heterocycles. The summed E-state index contributed by atoms with van der Waals surface area (Å²) in [4.78, 5) is 26.8. The van der Waals surface area contributed by atoms with E-state index < -0.39 is 11.9 Å². The van der Waals surface area contributed by atoms with Crippen molar-refractivity contribution in [1.29, 1.82) is 0 Å². The lowest BCUT2D eigenvalue weighted by Crippen LogP contribution is -2.54. The van der Waals surface area contributed by atoms with E-state index in [1.165, 1.54) is 12.8 Å². The van der Waals surface area contributed by atoms with Crippen molar-refractivity contribution in [2.45, 2.75) is 31.3 Å². The van der Waals surface area contributed by atoms with Crippen LogP contribution >= 0.6 is 0 Å². The third-order valence-corrected chi connectivity index (χ3v) is 3.43. The fourth-order valence-electron chi connectivity index (χ4n) is 2.29. The minimum absolute atomic E-state index is 0.0678. The maximum atomic E-state index is 11.9. The van der Waals surface area contributed by atoms with Crippen LogP contribution in [0.3, 0.4) is 0 Å². The number of carbonyl (C=O) groups is 2. The highest BCUT2D eigenvalue weighted by atomic mass is 16.2. The van der Waals surface area contributed by atoms with Crippen molar-refractivity contribution in [3.63, 3.8) is 0 Å². The van der Waals surface area contributed by atoms with Crippen molar-refractivity contribution < 1.29 is 9.59 Å². The molecule has 1 heterocycles. The van der Waals surface area contributed by atoms with Gasteiger partial charge in [0.25, 0.3) is 0 Å². The second-order valence-corrected chi connectivity index (χ2v) is 4.87. The van der Waals surface area contributed by atoms with Crippen molar-refractivity contribution >= 4 is 11.8 Å². The van der Waals surface area contributed by atoms with E-state index in [2.05, 4.69) is 4.90 Å². The van der Waals surface area contributed by atoms with E-state index in [-0.39, 0.29) is 12.3 Å². The quantitative estimate of drug-likeness (QED) is 0.625. The van der Waals surface area contributed by atoms with E-state index >= 15 is 0 Å². The number of piperazine rings is 1. The number of nitrogens with zero attached hydrogens (tertiary/aromatic N) is 2. The monoisotopic (exact) mass is 240 g/mol. The summed E-state index contributed by atoms with van der Waals surface area (Å²) in [6.07, 6.45) is 2.51. The lowest BCUT2D eigenvalue weighted by atomic mass is 10.1. The van der Waals surface area contributed by atoms with Crippen LogP contribution < -0.4 is 11.5 Å². The normalized spacial score (nSPS) is 23.5. The molecule has 1 saturated carbocycles. The predicted octanol–water partition coefficient (Wildman–Crippen LogP) is -1.50. The van der Waals surface area contributed by atoms with Crippen molar-refractivity contribution in [2.24, 2.45) is 11.5 Å². The molecule has 0 radical (unpaired) electrons. The Hall–Kier alpha value is -1.14. The van der Waals surface area contributed by atoms with Crippen LogP contribution in [-0.2, 0) is 9.59 Å². The summed E-state index contributed by atoms with van der Waals surface area (Å²) in [7, 11) is 0. The predicted molar refractivity (Wildman–Crippen MR) is 63.0 cm³/mol. The highest BCUT2D eigenvalue weighted by Gasteiger charge is 2.33. The lowest BCUT2D eigenvalue weighted by Gasteiger charge is -2.35. The molecule has 1 aliphatic heterocycles. The molecule has 2 rings (SSSR count). The fourth-order valence-corrected chi connectivity index (χ4v) is 2.29. The van der Waals surface area contributed by atoms with Gasteiger partial charge in [0, 0.05) is 32.2 Å². The molecule has 1 aliphatic carbocycles. The number of primary amides is 1. The Balaban J connectivity index is 1.78. The summed E-state index contributed by atoms with van der Waals surface area (Å²) in [5, 5.41) is 0. The largest absolute Gasteiger partial charge is 0.370 e. The van der Waals surface area contributed by atoms with Crippen molar-refractivity contribution in [2.75, 3.05) is 26.2 Å². The highest BCUT2D eigenvalue weighted by molar-refractivity contribution is 5.87. The molecule has 0 bridgehead atoms. The van der Waals surface area contributed by atoms with Crippen molar-refractivity contribution in [3.05, 3.63) is 0 Å². The number of nitrogens with two attached hydrogens (primary N) is 2. The number of hydrogen-bond acceptors (Lipinski definition) is 4. The van der Waals surface area contributed by atoms with Gasteiger partial charge in [0.2, 0.25) is 11.8 Å². The van der Waals surface area contributed by atoms with Gasteiger partial charge in [-0.1, -0.05) is 0 Å². The van der Waals surface area contributed by atoms with Gasteiger partial charge in [-0.25, -0.2) is 0 Å². The standard InChI is InChI=1S/C11H20N4O2/c12-9(7-10(13)16)11(17)15-5-3-14(4-6-15)8-1-2-8/h8-9H,1-7,12H2,(H2,13,16). The minimum Gasteiger partial charge on any atom is -0.370 e. The summed E-state index contributed by atoms with van der Waals surface area (Å²) in [5.41, 5.74) is 10.7. The minimum atomic E-state index is -0.778. The van der Waals surface area contributed by atoms with Crippen molar-refractivity contribution in [1.82, 2.24) is 9.80 Å². The van der Waals surface area contributed by atoms with Gasteiger partial charge in [0.15, 0.2) is 0 Å². The fraction of sp³-hybridized carbons (Fsp3) is 0.818. The Morgan fingerprint density at radius 3 is 2.24 bits per heavy atom. The molecular formula is C11H20N4O2. The molecule has 6 nitrogen and oxygen atoms in total. The van der Waals surface area contributed by atoms with Gasteiger partial charge in [-0.15, -0.1) is 0 Å². The Bertz CT molecular complexity index is 309. The second-order valence-electron chi connectivity index (χ2n) is 4.87. The topological polar surface area (TPSA) is 92.7 Å². The van der Waals surface area contributed by atoms with E-state index in [4.69, 9.17) is 11.5 Å². The number of hydrogen-bond donors (Lipinski definition) is 2. The second kappa shape index (κ2) is 5.01. The maximum Gasteiger partial charge on any atom is 0.240 e. The van der Waals surface area contributed by atoms with E-state index in [1.807, 2.05) is 0 Å². The van der Waals surface area contributed by atoms with Crippen LogP contribution in [-0.4, -0.2) is 59.9 Å². The van der Waals surface area contributed by atoms with Crippen LogP contribution in [0.4, 0.5) is 0 Å². The first-order chi connectivity index (χ1) is 8.08. The molecule has 4 N–H and O–H groups in total. The molecule has 0 spiro atoms. The average Bonchev–Trinajstić information content (AvgIpc) is 3.11. The smallest absolute Gasteiger partial charge is 0.240 e. The molecule has 2 amide bonds. The summed E-state index contributed by atoms with van der Waals surface area (Å²) < 4.78 is 0. The van der Waals surface area contributed by atoms with Gasteiger partial charge in [-0.05, 0) is 12.8 Å². The van der Waals surface area contributed by atoms with Crippen molar-refractivity contribution in [3.8, 4) is 0 Å². The van der Waals surface area contributed by atoms with Gasteiger partial charge < -0.3 is 16.4 Å². The van der Waals surface area contributed by atoms with Gasteiger partial charge in [-0.3, -0.25) is 14.5 Å². The first kappa shape index (κ1) is 12.3. The van der Waals surface area contributed by atoms with E-state index in [1.54, 1.807) is 4.90 Å². The molecule has 0 aromatic carbocycles. The molecule has 1 saturated heterocycles. The summed E-state index contributed by atoms with van der Waals surface area (Å²) in [5.74, 6) is -0.679. The first-order valence-corrected chi connectivity index (χ1v) is 6.14. The van der Waals surface area contributed by atoms with E-state index in [9.17, 15) is 9.59 Å². The summed E-state index contributed by atoms with van der Waals surface area (Å²) in [6.45, 7) is 3.25. The molecular weight excluding hydrogens is 220 g/mol. The molecule has 96 valence electrons. The van der Waals surface area contributed by atoms with E-state index in [0.29, 0.717) is 13.1 Å². The lowest BCUT2D eigenvalue weighted by molar-refractivity contribution is -0.136. The third kappa shape index (κ3) is 3.17. The molecule has 6 heteroatoms. The first-order valence-electron chi connectivity index (χ1n) is 6.14. The highest BCUT2D eigenvalue weighted by Crippen LogP contribution is 2.27. The zero-order chi connectivity index (χ0) is 12.4. The number of amides is 2. The summed E-state index contributed by atoms with van der Waals surface area (Å²) >= 11 is 0. The Kier molecular flexibility index (Phi) is 3.63. The van der Waals surface area contributed by atoms with Crippen LogP contribution in [0.5, 0.6) is 0 Å². The third-order valence-electron chi connectivity index (χ3n) is 3.43. The van der Waals surface area contributed by atoms with Gasteiger partial charge in [0.1, 0.15) is 0 Å².